The van der Waals surface area contributed by atoms with E-state index in [0.717, 1.165) is 38.9 Å². The van der Waals surface area contributed by atoms with Crippen molar-refractivity contribution in [3.05, 3.63) is 65.7 Å². The summed E-state index contributed by atoms with van der Waals surface area (Å²) in [7, 11) is 1.68. The second-order valence-corrected chi connectivity index (χ2v) is 6.25. The van der Waals surface area contributed by atoms with E-state index in [4.69, 9.17) is 15.5 Å². The van der Waals surface area contributed by atoms with Crippen molar-refractivity contribution in [1.82, 2.24) is 9.38 Å². The van der Waals surface area contributed by atoms with Gasteiger partial charge in [-0.3, -0.25) is 4.40 Å². The summed E-state index contributed by atoms with van der Waals surface area (Å²) in [5.41, 5.74) is 11.2. The first-order chi connectivity index (χ1) is 11.8. The van der Waals surface area contributed by atoms with Gasteiger partial charge in [0.15, 0.2) is 4.96 Å². The maximum atomic E-state index is 6.10. The number of imidazole rings is 1. The molecule has 0 aliphatic rings. The zero-order chi connectivity index (χ0) is 16.5. The van der Waals surface area contributed by atoms with Gasteiger partial charge in [0.25, 0.3) is 0 Å². The number of methoxy groups -OCH3 is 1. The minimum Gasteiger partial charge on any atom is -0.496 e. The van der Waals surface area contributed by atoms with Gasteiger partial charge < -0.3 is 10.5 Å². The summed E-state index contributed by atoms with van der Waals surface area (Å²) in [6, 6.07) is 18.2. The van der Waals surface area contributed by atoms with E-state index >= 15 is 0 Å². The quantitative estimate of drug-likeness (QED) is 0.608. The molecule has 0 unspecified atom stereocenters. The minimum absolute atomic E-state index is 0.408. The van der Waals surface area contributed by atoms with E-state index in [9.17, 15) is 0 Å². The van der Waals surface area contributed by atoms with Crippen molar-refractivity contribution >= 4 is 16.3 Å². The Kier molecular flexibility index (Phi) is 3.80. The van der Waals surface area contributed by atoms with Gasteiger partial charge in [-0.1, -0.05) is 42.5 Å². The van der Waals surface area contributed by atoms with Crippen LogP contribution in [0.25, 0.3) is 27.5 Å². The maximum absolute atomic E-state index is 6.10. The molecule has 0 atom stereocenters. The molecule has 2 heterocycles. The number of thiazole rings is 1. The molecule has 24 heavy (non-hydrogen) atoms. The molecule has 2 aromatic carbocycles. The van der Waals surface area contributed by atoms with Crippen LogP contribution in [0.1, 0.15) is 5.69 Å². The van der Waals surface area contributed by atoms with E-state index in [1.807, 2.05) is 42.5 Å². The van der Waals surface area contributed by atoms with Crippen LogP contribution < -0.4 is 10.5 Å². The van der Waals surface area contributed by atoms with Crippen molar-refractivity contribution in [3.8, 4) is 28.3 Å². The summed E-state index contributed by atoms with van der Waals surface area (Å²) in [6.07, 6.45) is 0. The summed E-state index contributed by atoms with van der Waals surface area (Å²) >= 11 is 1.62. The first-order valence-electron chi connectivity index (χ1n) is 7.71. The fourth-order valence-electron chi connectivity index (χ4n) is 2.97. The third-order valence-corrected chi connectivity index (χ3v) is 4.91. The lowest BCUT2D eigenvalue weighted by molar-refractivity contribution is 0.416. The molecule has 0 saturated heterocycles. The Balaban J connectivity index is 1.98. The topological polar surface area (TPSA) is 52.5 Å². The lowest BCUT2D eigenvalue weighted by Gasteiger charge is -2.08. The molecule has 0 radical (unpaired) electrons. The van der Waals surface area contributed by atoms with Crippen LogP contribution >= 0.6 is 11.3 Å². The predicted molar refractivity (Wildman–Crippen MR) is 98.4 cm³/mol. The van der Waals surface area contributed by atoms with Crippen LogP contribution in [0.15, 0.2) is 60.0 Å². The summed E-state index contributed by atoms with van der Waals surface area (Å²) in [6.45, 7) is 0.408. The molecule has 4 nitrogen and oxygen atoms in total. The number of nitrogens with zero attached hydrogens (tertiary/aromatic N) is 2. The summed E-state index contributed by atoms with van der Waals surface area (Å²) in [4.78, 5) is 5.77. The van der Waals surface area contributed by atoms with Crippen LogP contribution in [0.3, 0.4) is 0 Å². The van der Waals surface area contributed by atoms with Crippen LogP contribution in [0.4, 0.5) is 0 Å². The van der Waals surface area contributed by atoms with E-state index < -0.39 is 0 Å². The van der Waals surface area contributed by atoms with Crippen LogP contribution in [0.2, 0.25) is 0 Å². The molecule has 0 amide bonds. The largest absolute Gasteiger partial charge is 0.496 e. The zero-order valence-electron chi connectivity index (χ0n) is 13.3. The molecule has 0 saturated carbocycles. The molecule has 0 aliphatic heterocycles. The standard InChI is InChI=1S/C19H17N3OS/c1-23-17-10-6-5-9-14(17)18-15(11-20)22-16(12-24-19(22)21-18)13-7-3-2-4-8-13/h2-10,12H,11,20H2,1H3. The smallest absolute Gasteiger partial charge is 0.195 e. The molecule has 0 fully saturated rings. The van der Waals surface area contributed by atoms with E-state index in [1.54, 1.807) is 18.4 Å². The molecule has 0 aliphatic carbocycles. The van der Waals surface area contributed by atoms with Gasteiger partial charge in [0.1, 0.15) is 5.75 Å². The van der Waals surface area contributed by atoms with Crippen molar-refractivity contribution in [2.75, 3.05) is 7.11 Å². The van der Waals surface area contributed by atoms with Crippen molar-refractivity contribution in [2.45, 2.75) is 6.54 Å². The monoisotopic (exact) mass is 335 g/mol. The second kappa shape index (κ2) is 6.11. The fraction of sp³-hybridized carbons (Fsp3) is 0.105. The van der Waals surface area contributed by atoms with Gasteiger partial charge in [-0.05, 0) is 17.7 Å². The molecule has 2 aromatic heterocycles. The van der Waals surface area contributed by atoms with Gasteiger partial charge in [-0.25, -0.2) is 4.98 Å². The molecule has 4 rings (SSSR count). The molecule has 0 spiro atoms. The second-order valence-electron chi connectivity index (χ2n) is 5.42. The third-order valence-electron chi connectivity index (χ3n) is 4.08. The number of benzene rings is 2. The Bertz CT molecular complexity index is 988. The Morgan fingerprint density at radius 2 is 1.83 bits per heavy atom. The minimum atomic E-state index is 0.408. The number of rotatable bonds is 4. The maximum Gasteiger partial charge on any atom is 0.195 e. The Morgan fingerprint density at radius 1 is 1.08 bits per heavy atom. The zero-order valence-corrected chi connectivity index (χ0v) is 14.1. The number of nitrogens with two attached hydrogens (primary N) is 1. The van der Waals surface area contributed by atoms with Gasteiger partial charge in [-0.2, -0.15) is 0 Å². The van der Waals surface area contributed by atoms with E-state index in [2.05, 4.69) is 21.9 Å². The van der Waals surface area contributed by atoms with Crippen molar-refractivity contribution in [2.24, 2.45) is 5.73 Å². The first kappa shape index (κ1) is 14.9. The summed E-state index contributed by atoms with van der Waals surface area (Å²) < 4.78 is 7.65. The van der Waals surface area contributed by atoms with Gasteiger partial charge >= 0.3 is 0 Å². The van der Waals surface area contributed by atoms with Crippen molar-refractivity contribution in [3.63, 3.8) is 0 Å². The highest BCUT2D eigenvalue weighted by Crippen LogP contribution is 2.36. The number of fused-ring (bicyclic) bond motifs is 1. The predicted octanol–water partition coefficient (Wildman–Crippen LogP) is 4.20. The Labute approximate surface area is 144 Å². The lowest BCUT2D eigenvalue weighted by Crippen LogP contribution is -2.03. The van der Waals surface area contributed by atoms with Gasteiger partial charge in [-0.15, -0.1) is 11.3 Å². The highest BCUT2D eigenvalue weighted by molar-refractivity contribution is 7.15. The molecule has 5 heteroatoms. The highest BCUT2D eigenvalue weighted by Gasteiger charge is 2.19. The first-order valence-corrected chi connectivity index (χ1v) is 8.59. The highest BCUT2D eigenvalue weighted by atomic mass is 32.1. The number of para-hydroxylation sites is 1. The number of hydrogen-bond acceptors (Lipinski definition) is 4. The van der Waals surface area contributed by atoms with Gasteiger partial charge in [0.2, 0.25) is 0 Å². The molecule has 0 bridgehead atoms. The molecular weight excluding hydrogens is 318 g/mol. The van der Waals surface area contributed by atoms with Crippen LogP contribution in [-0.2, 0) is 6.54 Å². The molecule has 4 aromatic rings. The van der Waals surface area contributed by atoms with Crippen molar-refractivity contribution < 1.29 is 4.74 Å². The van der Waals surface area contributed by atoms with Crippen LogP contribution in [-0.4, -0.2) is 16.5 Å². The SMILES string of the molecule is COc1ccccc1-c1nc2scc(-c3ccccc3)n2c1CN. The van der Waals surface area contributed by atoms with Crippen LogP contribution in [0.5, 0.6) is 5.75 Å². The van der Waals surface area contributed by atoms with Gasteiger partial charge in [0, 0.05) is 17.5 Å². The average Bonchev–Trinajstić information content (AvgIpc) is 3.21. The van der Waals surface area contributed by atoms with Crippen LogP contribution in [0, 0.1) is 0 Å². The number of hydrogen-bond donors (Lipinski definition) is 1. The van der Waals surface area contributed by atoms with E-state index in [0.29, 0.717) is 6.54 Å². The fourth-order valence-corrected chi connectivity index (χ4v) is 3.89. The van der Waals surface area contributed by atoms with Gasteiger partial charge in [0.05, 0.1) is 24.2 Å². The Hall–Kier alpha value is -2.63. The molecular formula is C19H17N3OS. The number of ether oxygens (including phenoxy) is 1. The van der Waals surface area contributed by atoms with E-state index in [1.165, 1.54) is 0 Å². The molecule has 2 N–H and O–H groups in total. The lowest BCUT2D eigenvalue weighted by atomic mass is 10.1. The Morgan fingerprint density at radius 3 is 2.58 bits per heavy atom. The summed E-state index contributed by atoms with van der Waals surface area (Å²) in [5, 5.41) is 2.13. The molecule has 120 valence electrons. The third kappa shape index (κ3) is 2.29. The summed E-state index contributed by atoms with van der Waals surface area (Å²) in [5.74, 6) is 0.805. The van der Waals surface area contributed by atoms with Crippen molar-refractivity contribution in [1.29, 1.82) is 0 Å². The average molecular weight is 335 g/mol. The van der Waals surface area contributed by atoms with E-state index in [-0.39, 0.29) is 0 Å². The normalized spacial score (nSPS) is 11.1. The number of aromatic nitrogens is 2.